The third-order valence-electron chi connectivity index (χ3n) is 2.64. The summed E-state index contributed by atoms with van der Waals surface area (Å²) in [5.41, 5.74) is 0.197. The third kappa shape index (κ3) is 4.87. The number of nitriles is 1. The van der Waals surface area contributed by atoms with Crippen LogP contribution < -0.4 is 10.6 Å². The molecule has 0 atom stereocenters. The fourth-order valence-electron chi connectivity index (χ4n) is 1.61. The highest BCUT2D eigenvalue weighted by atomic mass is 16.1. The third-order valence-corrected chi connectivity index (χ3v) is 2.64. The van der Waals surface area contributed by atoms with E-state index in [0.29, 0.717) is 6.54 Å². The molecule has 0 saturated carbocycles. The second kappa shape index (κ2) is 7.69. The Morgan fingerprint density at radius 2 is 2.24 bits per heavy atom. The largest absolute Gasteiger partial charge is 0.374 e. The fraction of sp³-hybridized carbons (Fsp3) is 0.667. The van der Waals surface area contributed by atoms with Crippen molar-refractivity contribution in [2.45, 2.75) is 19.8 Å². The van der Waals surface area contributed by atoms with Crippen LogP contribution in [-0.2, 0) is 4.79 Å². The molecule has 1 heterocycles. The average Bonchev–Trinajstić information content (AvgIpc) is 2.37. The lowest BCUT2D eigenvalue weighted by molar-refractivity contribution is -0.117. The van der Waals surface area contributed by atoms with Gasteiger partial charge in [0.1, 0.15) is 11.6 Å². The quantitative estimate of drug-likeness (QED) is 0.407. The summed E-state index contributed by atoms with van der Waals surface area (Å²) in [5.74, 6) is -0.264. The van der Waals surface area contributed by atoms with E-state index in [1.807, 2.05) is 11.0 Å². The number of amides is 1. The monoisotopic (exact) mass is 236 g/mol. The van der Waals surface area contributed by atoms with Crippen molar-refractivity contribution < 1.29 is 4.79 Å². The van der Waals surface area contributed by atoms with E-state index in [4.69, 9.17) is 5.26 Å². The smallest absolute Gasteiger partial charge is 0.263 e. The molecule has 5 heteroatoms. The molecule has 1 fully saturated rings. The summed E-state index contributed by atoms with van der Waals surface area (Å²) in [6.45, 7) is 6.17. The first kappa shape index (κ1) is 13.5. The summed E-state index contributed by atoms with van der Waals surface area (Å²) in [7, 11) is 0. The molecule has 1 rings (SSSR count). The van der Waals surface area contributed by atoms with Crippen LogP contribution in [-0.4, -0.2) is 43.5 Å². The van der Waals surface area contributed by atoms with E-state index >= 15 is 0 Å². The van der Waals surface area contributed by atoms with Crippen LogP contribution in [0.4, 0.5) is 0 Å². The van der Waals surface area contributed by atoms with Gasteiger partial charge in [0.05, 0.1) is 0 Å². The molecule has 0 aromatic rings. The highest BCUT2D eigenvalue weighted by Crippen LogP contribution is 2.00. The van der Waals surface area contributed by atoms with Crippen LogP contribution in [0.3, 0.4) is 0 Å². The van der Waals surface area contributed by atoms with Gasteiger partial charge in [0.25, 0.3) is 5.91 Å². The van der Waals surface area contributed by atoms with Crippen LogP contribution in [0.2, 0.25) is 0 Å². The zero-order valence-corrected chi connectivity index (χ0v) is 10.3. The van der Waals surface area contributed by atoms with Crippen molar-refractivity contribution in [1.82, 2.24) is 15.5 Å². The summed E-state index contributed by atoms with van der Waals surface area (Å²) in [4.78, 5) is 13.7. The highest BCUT2D eigenvalue weighted by Gasteiger charge is 2.12. The van der Waals surface area contributed by atoms with Gasteiger partial charge in [0.2, 0.25) is 0 Å². The van der Waals surface area contributed by atoms with Crippen molar-refractivity contribution in [3.8, 4) is 6.07 Å². The highest BCUT2D eigenvalue weighted by molar-refractivity contribution is 5.97. The molecular formula is C12H20N4O. The predicted octanol–water partition coefficient (Wildman–Crippen LogP) is 0.215. The molecule has 1 aliphatic heterocycles. The number of nitrogens with one attached hydrogen (secondary N) is 2. The lowest BCUT2D eigenvalue weighted by atomic mass is 10.2. The van der Waals surface area contributed by atoms with Crippen molar-refractivity contribution in [3.05, 3.63) is 11.8 Å². The van der Waals surface area contributed by atoms with Crippen LogP contribution in [0, 0.1) is 11.3 Å². The molecule has 1 amide bonds. The Kier molecular flexibility index (Phi) is 6.12. The van der Waals surface area contributed by atoms with Crippen molar-refractivity contribution in [2.24, 2.45) is 0 Å². The number of nitrogens with zero attached hydrogens (tertiary/aromatic N) is 2. The maximum absolute atomic E-state index is 11.7. The average molecular weight is 236 g/mol. The summed E-state index contributed by atoms with van der Waals surface area (Å²) < 4.78 is 0. The zero-order chi connectivity index (χ0) is 12.5. The molecule has 94 valence electrons. The van der Waals surface area contributed by atoms with Crippen molar-refractivity contribution in [1.29, 1.82) is 5.26 Å². The van der Waals surface area contributed by atoms with Crippen LogP contribution in [0.15, 0.2) is 11.8 Å². The van der Waals surface area contributed by atoms with E-state index in [1.54, 1.807) is 6.20 Å². The molecule has 0 aromatic heterocycles. The minimum Gasteiger partial charge on any atom is -0.374 e. The Labute approximate surface area is 102 Å². The number of piperazine rings is 1. The minimum absolute atomic E-state index is 0.197. The predicted molar refractivity (Wildman–Crippen MR) is 66.1 cm³/mol. The second-order valence-corrected chi connectivity index (χ2v) is 4.05. The summed E-state index contributed by atoms with van der Waals surface area (Å²) in [5, 5.41) is 14.9. The summed E-state index contributed by atoms with van der Waals surface area (Å²) in [6, 6.07) is 1.96. The molecule has 0 aliphatic carbocycles. The molecule has 0 unspecified atom stereocenters. The Bertz CT molecular complexity index is 313. The Morgan fingerprint density at radius 1 is 1.53 bits per heavy atom. The maximum Gasteiger partial charge on any atom is 0.263 e. The van der Waals surface area contributed by atoms with E-state index in [1.165, 1.54) is 0 Å². The Morgan fingerprint density at radius 3 is 2.82 bits per heavy atom. The normalized spacial score (nSPS) is 16.5. The van der Waals surface area contributed by atoms with Gasteiger partial charge in [-0.2, -0.15) is 5.26 Å². The molecule has 0 aromatic carbocycles. The van der Waals surface area contributed by atoms with Gasteiger partial charge in [-0.05, 0) is 6.42 Å². The molecular weight excluding hydrogens is 216 g/mol. The van der Waals surface area contributed by atoms with Gasteiger partial charge < -0.3 is 15.5 Å². The maximum atomic E-state index is 11.7. The molecule has 0 bridgehead atoms. The Hall–Kier alpha value is -1.54. The number of carbonyl (C=O) groups excluding carboxylic acids is 1. The number of carbonyl (C=O) groups is 1. The van der Waals surface area contributed by atoms with Gasteiger partial charge in [0.15, 0.2) is 0 Å². The molecule has 17 heavy (non-hydrogen) atoms. The fourth-order valence-corrected chi connectivity index (χ4v) is 1.61. The van der Waals surface area contributed by atoms with Crippen LogP contribution >= 0.6 is 0 Å². The number of unbranched alkanes of at least 4 members (excludes halogenated alkanes) is 1. The standard InChI is InChI=1S/C12H20N4O/c1-2-3-4-15-12(17)11(9-13)10-16-7-5-14-6-8-16/h10,14H,2-8H2,1H3,(H,15,17)/b11-10-. The van der Waals surface area contributed by atoms with Gasteiger partial charge >= 0.3 is 0 Å². The second-order valence-electron chi connectivity index (χ2n) is 4.05. The van der Waals surface area contributed by atoms with Gasteiger partial charge in [-0.25, -0.2) is 0 Å². The number of rotatable bonds is 5. The molecule has 0 spiro atoms. The Balaban J connectivity index is 2.48. The van der Waals surface area contributed by atoms with E-state index in [-0.39, 0.29) is 11.5 Å². The first-order chi connectivity index (χ1) is 8.27. The molecule has 1 saturated heterocycles. The van der Waals surface area contributed by atoms with Crippen molar-refractivity contribution >= 4 is 5.91 Å². The lowest BCUT2D eigenvalue weighted by Gasteiger charge is -2.25. The summed E-state index contributed by atoms with van der Waals surface area (Å²) >= 11 is 0. The van der Waals surface area contributed by atoms with E-state index in [0.717, 1.165) is 39.0 Å². The lowest BCUT2D eigenvalue weighted by Crippen LogP contribution is -2.41. The molecule has 5 nitrogen and oxygen atoms in total. The van der Waals surface area contributed by atoms with Crippen molar-refractivity contribution in [2.75, 3.05) is 32.7 Å². The van der Waals surface area contributed by atoms with Crippen LogP contribution in [0.25, 0.3) is 0 Å². The van der Waals surface area contributed by atoms with E-state index in [9.17, 15) is 4.79 Å². The van der Waals surface area contributed by atoms with Gasteiger partial charge in [-0.1, -0.05) is 13.3 Å². The molecule has 2 N–H and O–H groups in total. The van der Waals surface area contributed by atoms with Gasteiger partial charge in [0, 0.05) is 38.9 Å². The van der Waals surface area contributed by atoms with E-state index < -0.39 is 0 Å². The van der Waals surface area contributed by atoms with Crippen LogP contribution in [0.5, 0.6) is 0 Å². The first-order valence-corrected chi connectivity index (χ1v) is 6.12. The zero-order valence-electron chi connectivity index (χ0n) is 10.3. The topological polar surface area (TPSA) is 68.2 Å². The molecule has 0 radical (unpaired) electrons. The first-order valence-electron chi connectivity index (χ1n) is 6.12. The number of hydrogen-bond donors (Lipinski definition) is 2. The molecule has 1 aliphatic rings. The minimum atomic E-state index is -0.264. The van der Waals surface area contributed by atoms with E-state index in [2.05, 4.69) is 17.6 Å². The van der Waals surface area contributed by atoms with Gasteiger partial charge in [-0.3, -0.25) is 4.79 Å². The van der Waals surface area contributed by atoms with Gasteiger partial charge in [-0.15, -0.1) is 0 Å². The van der Waals surface area contributed by atoms with Crippen molar-refractivity contribution in [3.63, 3.8) is 0 Å². The van der Waals surface area contributed by atoms with Crippen LogP contribution in [0.1, 0.15) is 19.8 Å². The number of hydrogen-bond acceptors (Lipinski definition) is 4. The SMILES string of the molecule is CCCCNC(=O)/C(C#N)=C\N1CCNCC1. The summed E-state index contributed by atoms with van der Waals surface area (Å²) in [6.07, 6.45) is 3.64.